The zero-order chi connectivity index (χ0) is 18.4. The number of carbonyl (C=O) groups excluding carboxylic acids is 2. The fourth-order valence-corrected chi connectivity index (χ4v) is 3.52. The number of para-hydroxylation sites is 1. The number of carbonyl (C=O) groups is 2. The number of hydrogen-bond acceptors (Lipinski definition) is 4. The quantitative estimate of drug-likeness (QED) is 0.743. The predicted molar refractivity (Wildman–Crippen MR) is 103 cm³/mol. The van der Waals surface area contributed by atoms with E-state index in [0.29, 0.717) is 23.9 Å². The fraction of sp³-hybridized carbons (Fsp3) is 0.450. The molecule has 1 unspecified atom stereocenters. The molecular weight excluding hydrogens is 328 g/mol. The molecule has 3 N–H and O–H groups in total. The summed E-state index contributed by atoms with van der Waals surface area (Å²) in [6.07, 6.45) is 4.39. The Labute approximate surface area is 153 Å². The van der Waals surface area contributed by atoms with Gasteiger partial charge < -0.3 is 16.0 Å². The summed E-state index contributed by atoms with van der Waals surface area (Å²) in [5, 5.41) is 9.87. The van der Waals surface area contributed by atoms with Crippen molar-refractivity contribution in [1.29, 1.82) is 0 Å². The van der Waals surface area contributed by atoms with Crippen LogP contribution in [-0.2, 0) is 9.59 Å². The highest BCUT2D eigenvalue weighted by atomic mass is 16.2. The number of fused-ring (bicyclic) bond motifs is 1. The van der Waals surface area contributed by atoms with Crippen LogP contribution in [-0.4, -0.2) is 36.4 Å². The molecule has 1 fully saturated rings. The van der Waals surface area contributed by atoms with Crippen LogP contribution in [0.2, 0.25) is 0 Å². The Balaban J connectivity index is 1.48. The molecule has 1 aliphatic heterocycles. The summed E-state index contributed by atoms with van der Waals surface area (Å²) in [6.45, 7) is 4.15. The number of nitrogens with one attached hydrogen (secondary N) is 3. The van der Waals surface area contributed by atoms with Crippen LogP contribution in [0.4, 0.5) is 5.69 Å². The van der Waals surface area contributed by atoms with Crippen LogP contribution in [0.15, 0.2) is 36.5 Å². The minimum Gasteiger partial charge on any atom is -0.347 e. The smallest absolute Gasteiger partial charge is 0.243 e. The van der Waals surface area contributed by atoms with Crippen molar-refractivity contribution < 1.29 is 9.59 Å². The predicted octanol–water partition coefficient (Wildman–Crippen LogP) is 2.32. The minimum atomic E-state index is -0.244. The lowest BCUT2D eigenvalue weighted by Crippen LogP contribution is -2.36. The number of hydrogen-bond donors (Lipinski definition) is 3. The van der Waals surface area contributed by atoms with Crippen LogP contribution in [0.1, 0.15) is 26.2 Å². The summed E-state index contributed by atoms with van der Waals surface area (Å²) in [5.41, 5.74) is 1.40. The van der Waals surface area contributed by atoms with E-state index in [2.05, 4.69) is 27.9 Å². The molecule has 0 spiro atoms. The SMILES string of the molecule is CC(CC(=O)NCC(=O)Nc1cccc2cccnc12)C1CCNCC1. The molecule has 0 saturated carbocycles. The highest BCUT2D eigenvalue weighted by Crippen LogP contribution is 2.24. The van der Waals surface area contributed by atoms with E-state index in [1.54, 1.807) is 6.20 Å². The van der Waals surface area contributed by atoms with Crippen molar-refractivity contribution in [3.8, 4) is 0 Å². The molecule has 3 rings (SSSR count). The van der Waals surface area contributed by atoms with Crippen molar-refractivity contribution >= 4 is 28.4 Å². The van der Waals surface area contributed by atoms with E-state index in [1.807, 2.05) is 30.3 Å². The lowest BCUT2D eigenvalue weighted by Gasteiger charge is -2.27. The molecule has 1 atom stereocenters. The Morgan fingerprint density at radius 3 is 2.77 bits per heavy atom. The lowest BCUT2D eigenvalue weighted by atomic mass is 9.84. The molecule has 0 radical (unpaired) electrons. The summed E-state index contributed by atoms with van der Waals surface area (Å²) >= 11 is 0. The molecule has 1 saturated heterocycles. The van der Waals surface area contributed by atoms with Crippen LogP contribution in [0.3, 0.4) is 0 Å². The second kappa shape index (κ2) is 8.76. The maximum absolute atomic E-state index is 12.2. The largest absolute Gasteiger partial charge is 0.347 e. The normalized spacial score (nSPS) is 16.2. The van der Waals surface area contributed by atoms with Gasteiger partial charge in [0.15, 0.2) is 0 Å². The van der Waals surface area contributed by atoms with Gasteiger partial charge in [0.25, 0.3) is 0 Å². The molecule has 2 aromatic rings. The van der Waals surface area contributed by atoms with Gasteiger partial charge in [0.05, 0.1) is 17.7 Å². The van der Waals surface area contributed by atoms with Crippen molar-refractivity contribution in [2.75, 3.05) is 25.0 Å². The molecule has 1 aliphatic rings. The number of anilines is 1. The molecule has 2 heterocycles. The highest BCUT2D eigenvalue weighted by molar-refractivity contribution is 6.01. The summed E-state index contributed by atoms with van der Waals surface area (Å²) in [6, 6.07) is 9.44. The van der Waals surface area contributed by atoms with Gasteiger partial charge in [-0.15, -0.1) is 0 Å². The number of pyridine rings is 1. The first-order valence-corrected chi connectivity index (χ1v) is 9.24. The van der Waals surface area contributed by atoms with E-state index in [-0.39, 0.29) is 18.4 Å². The third-order valence-corrected chi connectivity index (χ3v) is 5.05. The molecule has 2 amide bonds. The van der Waals surface area contributed by atoms with Crippen molar-refractivity contribution in [2.24, 2.45) is 11.8 Å². The highest BCUT2D eigenvalue weighted by Gasteiger charge is 2.22. The molecule has 138 valence electrons. The first-order chi connectivity index (χ1) is 12.6. The van der Waals surface area contributed by atoms with Crippen molar-refractivity contribution in [1.82, 2.24) is 15.6 Å². The van der Waals surface area contributed by atoms with Crippen LogP contribution in [0.5, 0.6) is 0 Å². The maximum Gasteiger partial charge on any atom is 0.243 e. The van der Waals surface area contributed by atoms with Crippen LogP contribution >= 0.6 is 0 Å². The standard InChI is InChI=1S/C20H26N4O2/c1-14(15-7-10-21-11-8-15)12-18(25)23-13-19(26)24-17-6-2-4-16-5-3-9-22-20(16)17/h2-6,9,14-15,21H,7-8,10-13H2,1H3,(H,23,25)(H,24,26). The van der Waals surface area contributed by atoms with E-state index in [1.165, 1.54) is 0 Å². The van der Waals surface area contributed by atoms with E-state index in [0.717, 1.165) is 36.8 Å². The zero-order valence-corrected chi connectivity index (χ0v) is 15.1. The van der Waals surface area contributed by atoms with Crippen molar-refractivity contribution in [3.63, 3.8) is 0 Å². The Hall–Kier alpha value is -2.47. The Morgan fingerprint density at radius 2 is 1.96 bits per heavy atom. The van der Waals surface area contributed by atoms with Gasteiger partial charge in [-0.25, -0.2) is 0 Å². The lowest BCUT2D eigenvalue weighted by molar-refractivity contribution is -0.125. The monoisotopic (exact) mass is 354 g/mol. The van der Waals surface area contributed by atoms with Crippen LogP contribution in [0.25, 0.3) is 10.9 Å². The Kier molecular flexibility index (Phi) is 6.17. The number of aromatic nitrogens is 1. The second-order valence-corrected chi connectivity index (χ2v) is 6.97. The van der Waals surface area contributed by atoms with Crippen molar-refractivity contribution in [2.45, 2.75) is 26.2 Å². The number of amides is 2. The Bertz CT molecular complexity index is 766. The maximum atomic E-state index is 12.2. The van der Waals surface area contributed by atoms with Gasteiger partial charge in [-0.2, -0.15) is 0 Å². The van der Waals surface area contributed by atoms with Crippen LogP contribution in [0, 0.1) is 11.8 Å². The molecule has 6 heteroatoms. The topological polar surface area (TPSA) is 83.1 Å². The molecule has 0 aliphatic carbocycles. The van der Waals surface area contributed by atoms with Gasteiger partial charge >= 0.3 is 0 Å². The summed E-state index contributed by atoms with van der Waals surface area (Å²) < 4.78 is 0. The summed E-state index contributed by atoms with van der Waals surface area (Å²) in [5.74, 6) is 0.605. The van der Waals surface area contributed by atoms with E-state index >= 15 is 0 Å². The minimum absolute atomic E-state index is 0.0268. The van der Waals surface area contributed by atoms with Gasteiger partial charge in [-0.1, -0.05) is 25.1 Å². The average molecular weight is 354 g/mol. The molecular formula is C20H26N4O2. The van der Waals surface area contributed by atoms with Gasteiger partial charge in [0.2, 0.25) is 11.8 Å². The first kappa shape index (κ1) is 18.3. The first-order valence-electron chi connectivity index (χ1n) is 9.24. The second-order valence-electron chi connectivity index (χ2n) is 6.97. The van der Waals surface area contributed by atoms with Gasteiger partial charge in [-0.3, -0.25) is 14.6 Å². The van der Waals surface area contributed by atoms with E-state index < -0.39 is 0 Å². The summed E-state index contributed by atoms with van der Waals surface area (Å²) in [4.78, 5) is 28.6. The average Bonchev–Trinajstić information content (AvgIpc) is 2.67. The number of benzene rings is 1. The molecule has 1 aromatic heterocycles. The molecule has 1 aromatic carbocycles. The van der Waals surface area contributed by atoms with E-state index in [4.69, 9.17) is 0 Å². The van der Waals surface area contributed by atoms with E-state index in [9.17, 15) is 9.59 Å². The Morgan fingerprint density at radius 1 is 1.19 bits per heavy atom. The summed E-state index contributed by atoms with van der Waals surface area (Å²) in [7, 11) is 0. The molecule has 26 heavy (non-hydrogen) atoms. The molecule has 0 bridgehead atoms. The number of piperidine rings is 1. The van der Waals surface area contributed by atoms with Crippen LogP contribution < -0.4 is 16.0 Å². The third-order valence-electron chi connectivity index (χ3n) is 5.05. The zero-order valence-electron chi connectivity index (χ0n) is 15.1. The number of rotatable bonds is 6. The van der Waals surface area contributed by atoms with Crippen molar-refractivity contribution in [3.05, 3.63) is 36.5 Å². The third kappa shape index (κ3) is 4.79. The van der Waals surface area contributed by atoms with Gasteiger partial charge in [-0.05, 0) is 49.9 Å². The fourth-order valence-electron chi connectivity index (χ4n) is 3.52. The van der Waals surface area contributed by atoms with Gasteiger partial charge in [0, 0.05) is 18.0 Å². The molecule has 6 nitrogen and oxygen atoms in total. The van der Waals surface area contributed by atoms with Gasteiger partial charge in [0.1, 0.15) is 0 Å². The number of nitrogens with zero attached hydrogens (tertiary/aromatic N) is 1.